The molecule has 3 saturated heterocycles. The number of likely N-dealkylation sites (tertiary alicyclic amines) is 1. The van der Waals surface area contributed by atoms with Crippen molar-refractivity contribution in [2.45, 2.75) is 62.1 Å². The van der Waals surface area contributed by atoms with Gasteiger partial charge in [-0.2, -0.15) is 26.3 Å². The minimum atomic E-state index is -5.11. The molecule has 3 fully saturated rings. The van der Waals surface area contributed by atoms with E-state index >= 15 is 0 Å². The van der Waals surface area contributed by atoms with Gasteiger partial charge in [-0.25, -0.2) is 0 Å². The SMILES string of the molecule is CC(=O)N1CCN(C(=O)CO[C@H]2Cc3ccccc3C23CCN(CC[C@]2(c4ccc(Cl)c(Cl)c4)CN(C(=O)c4cc(C(F)(F)F)cc(C(F)(F)F)c4)CCO2)CC3)CC1. The van der Waals surface area contributed by atoms with Gasteiger partial charge in [-0.1, -0.05) is 53.5 Å². The molecule has 318 valence electrons. The van der Waals surface area contributed by atoms with Crippen LogP contribution in [0, 0.1) is 0 Å². The molecular formula is C42H44Cl2F6N4O5. The molecule has 1 spiro atoms. The van der Waals surface area contributed by atoms with Crippen LogP contribution in [0.15, 0.2) is 60.7 Å². The van der Waals surface area contributed by atoms with Crippen molar-refractivity contribution in [3.8, 4) is 0 Å². The number of benzene rings is 3. The fourth-order valence-electron chi connectivity index (χ4n) is 9.08. The highest BCUT2D eigenvalue weighted by Gasteiger charge is 2.50. The standard InChI is InChI=1S/C42H44Cl2F6N4O5/c1-27(55)52-14-16-53(17-15-52)37(56)25-58-36-22-28-4-2-3-5-33(28)39(36)8-11-51(12-9-39)13-10-40(30-6-7-34(43)35(44)24-30)26-54(18-19-59-40)38(57)29-20-31(41(45,46)47)23-32(21-29)42(48,49)50/h2-7,20-21,23-24,36H,8-19,22,25-26H2,1H3/t36-,40+/m0/s1. The Morgan fingerprint density at radius 2 is 1.44 bits per heavy atom. The molecule has 1 aliphatic carbocycles. The average Bonchev–Trinajstić information content (AvgIpc) is 3.51. The van der Waals surface area contributed by atoms with E-state index < -0.39 is 40.6 Å². The van der Waals surface area contributed by atoms with Crippen LogP contribution in [0.25, 0.3) is 0 Å². The zero-order valence-electron chi connectivity index (χ0n) is 32.3. The summed E-state index contributed by atoms with van der Waals surface area (Å²) in [6.07, 6.45) is -8.05. The van der Waals surface area contributed by atoms with Crippen LogP contribution >= 0.6 is 23.2 Å². The summed E-state index contributed by atoms with van der Waals surface area (Å²) in [6.45, 7) is 4.83. The highest BCUT2D eigenvalue weighted by Crippen LogP contribution is 2.48. The molecule has 0 saturated carbocycles. The highest BCUT2D eigenvalue weighted by atomic mass is 35.5. The second kappa shape index (κ2) is 16.9. The molecule has 3 aliphatic heterocycles. The molecule has 3 amide bonds. The fraction of sp³-hybridized carbons (Fsp3) is 0.500. The van der Waals surface area contributed by atoms with Crippen LogP contribution in [0.5, 0.6) is 0 Å². The number of carbonyl (C=O) groups is 3. The summed E-state index contributed by atoms with van der Waals surface area (Å²) in [5.41, 5.74) is -2.51. The number of halogens is 8. The Hall–Kier alpha value is -3.89. The predicted molar refractivity (Wildman–Crippen MR) is 207 cm³/mol. The second-order valence-corrected chi connectivity index (χ2v) is 16.6. The molecule has 3 aromatic carbocycles. The lowest BCUT2D eigenvalue weighted by Gasteiger charge is -2.46. The van der Waals surface area contributed by atoms with Gasteiger partial charge in [0.05, 0.1) is 40.4 Å². The van der Waals surface area contributed by atoms with Crippen LogP contribution in [0.1, 0.15) is 64.4 Å². The van der Waals surface area contributed by atoms with Gasteiger partial charge in [0.2, 0.25) is 11.8 Å². The lowest BCUT2D eigenvalue weighted by atomic mass is 9.72. The minimum absolute atomic E-state index is 0.00261. The molecule has 3 heterocycles. The highest BCUT2D eigenvalue weighted by molar-refractivity contribution is 6.42. The number of piperidine rings is 1. The minimum Gasteiger partial charge on any atom is -0.367 e. The Labute approximate surface area is 348 Å². The Kier molecular flexibility index (Phi) is 12.4. The first-order valence-electron chi connectivity index (χ1n) is 19.5. The van der Waals surface area contributed by atoms with E-state index in [-0.39, 0.29) is 65.7 Å². The topological polar surface area (TPSA) is 82.6 Å². The molecular weight excluding hydrogens is 825 g/mol. The molecule has 4 aliphatic rings. The molecule has 2 atom stereocenters. The maximum Gasteiger partial charge on any atom is 0.416 e. The summed E-state index contributed by atoms with van der Waals surface area (Å²) in [5, 5.41) is 0.483. The van der Waals surface area contributed by atoms with E-state index in [9.17, 15) is 40.7 Å². The van der Waals surface area contributed by atoms with Crippen molar-refractivity contribution < 1.29 is 50.2 Å². The number of amides is 3. The maximum atomic E-state index is 13.8. The largest absolute Gasteiger partial charge is 0.416 e. The van der Waals surface area contributed by atoms with Crippen LogP contribution in [0.3, 0.4) is 0 Å². The van der Waals surface area contributed by atoms with E-state index in [2.05, 4.69) is 17.0 Å². The Bertz CT molecular complexity index is 2040. The number of rotatable bonds is 8. The van der Waals surface area contributed by atoms with Crippen molar-refractivity contribution in [3.63, 3.8) is 0 Å². The molecule has 17 heteroatoms. The summed E-state index contributed by atoms with van der Waals surface area (Å²) in [7, 11) is 0. The van der Waals surface area contributed by atoms with Crippen molar-refractivity contribution in [3.05, 3.63) is 104 Å². The number of carbonyl (C=O) groups excluding carboxylic acids is 3. The summed E-state index contributed by atoms with van der Waals surface area (Å²) in [6, 6.07) is 14.0. The first-order chi connectivity index (χ1) is 27.9. The van der Waals surface area contributed by atoms with Crippen LogP contribution in [0.4, 0.5) is 26.3 Å². The van der Waals surface area contributed by atoms with Crippen molar-refractivity contribution >= 4 is 40.9 Å². The van der Waals surface area contributed by atoms with Crippen molar-refractivity contribution in [1.82, 2.24) is 19.6 Å². The van der Waals surface area contributed by atoms with E-state index in [0.29, 0.717) is 76.4 Å². The maximum absolute atomic E-state index is 13.8. The summed E-state index contributed by atoms with van der Waals surface area (Å²) in [4.78, 5) is 45.8. The third kappa shape index (κ3) is 9.09. The molecule has 0 bridgehead atoms. The van der Waals surface area contributed by atoms with Gasteiger partial charge in [0.25, 0.3) is 5.91 Å². The number of ether oxygens (including phenoxy) is 2. The molecule has 0 unspecified atom stereocenters. The van der Waals surface area contributed by atoms with Crippen LogP contribution in [-0.4, -0.2) is 116 Å². The molecule has 3 aromatic rings. The first-order valence-corrected chi connectivity index (χ1v) is 20.3. The lowest BCUT2D eigenvalue weighted by molar-refractivity contribution is -0.145. The van der Waals surface area contributed by atoms with E-state index in [0.717, 1.165) is 12.8 Å². The van der Waals surface area contributed by atoms with E-state index in [1.54, 1.807) is 28.0 Å². The first kappa shape index (κ1) is 43.2. The van der Waals surface area contributed by atoms with E-state index in [4.69, 9.17) is 32.7 Å². The van der Waals surface area contributed by atoms with Crippen LogP contribution in [-0.2, 0) is 48.9 Å². The predicted octanol–water partition coefficient (Wildman–Crippen LogP) is 7.45. The number of nitrogens with zero attached hydrogens (tertiary/aromatic N) is 4. The third-order valence-electron chi connectivity index (χ3n) is 12.4. The number of alkyl halides is 6. The Balaban J connectivity index is 1.07. The molecule has 0 radical (unpaired) electrons. The third-order valence-corrected chi connectivity index (χ3v) is 13.1. The van der Waals surface area contributed by atoms with E-state index in [1.165, 1.54) is 23.0 Å². The zero-order chi connectivity index (χ0) is 42.3. The molecule has 9 nitrogen and oxygen atoms in total. The molecule has 7 rings (SSSR count). The summed E-state index contributed by atoms with van der Waals surface area (Å²) in [5.74, 6) is -1.12. The lowest BCUT2D eigenvalue weighted by Crippen LogP contribution is -2.54. The number of piperazine rings is 1. The summed E-state index contributed by atoms with van der Waals surface area (Å²) < 4.78 is 95.3. The number of morpholine rings is 1. The number of fused-ring (bicyclic) bond motifs is 2. The second-order valence-electron chi connectivity index (χ2n) is 15.8. The van der Waals surface area contributed by atoms with Gasteiger partial charge < -0.3 is 29.1 Å². The Morgan fingerprint density at radius 1 is 0.797 bits per heavy atom. The average molecular weight is 870 g/mol. The molecule has 0 aromatic heterocycles. The number of hydrogen-bond acceptors (Lipinski definition) is 6. The van der Waals surface area contributed by atoms with Gasteiger partial charge in [-0.3, -0.25) is 14.4 Å². The zero-order valence-corrected chi connectivity index (χ0v) is 33.8. The van der Waals surface area contributed by atoms with Gasteiger partial charge in [-0.05, 0) is 85.8 Å². The van der Waals surface area contributed by atoms with E-state index in [1.807, 2.05) is 12.1 Å². The van der Waals surface area contributed by atoms with Crippen LogP contribution in [0.2, 0.25) is 10.0 Å². The number of hydrogen-bond donors (Lipinski definition) is 0. The quantitative estimate of drug-likeness (QED) is 0.219. The van der Waals surface area contributed by atoms with Gasteiger partial charge in [0, 0.05) is 57.2 Å². The van der Waals surface area contributed by atoms with Crippen molar-refractivity contribution in [2.75, 3.05) is 72.1 Å². The summed E-state index contributed by atoms with van der Waals surface area (Å²) >= 11 is 12.7. The van der Waals surface area contributed by atoms with Gasteiger partial charge >= 0.3 is 12.4 Å². The normalized spacial score (nSPS) is 22.5. The van der Waals surface area contributed by atoms with Gasteiger partial charge in [0.15, 0.2) is 0 Å². The fourth-order valence-corrected chi connectivity index (χ4v) is 9.38. The molecule has 59 heavy (non-hydrogen) atoms. The smallest absolute Gasteiger partial charge is 0.367 e. The van der Waals surface area contributed by atoms with Crippen LogP contribution < -0.4 is 0 Å². The van der Waals surface area contributed by atoms with Gasteiger partial charge in [0.1, 0.15) is 12.2 Å². The Morgan fingerprint density at radius 3 is 2.07 bits per heavy atom. The van der Waals surface area contributed by atoms with Crippen molar-refractivity contribution in [2.24, 2.45) is 0 Å². The van der Waals surface area contributed by atoms with Crippen molar-refractivity contribution in [1.29, 1.82) is 0 Å². The monoisotopic (exact) mass is 868 g/mol. The van der Waals surface area contributed by atoms with Gasteiger partial charge in [-0.15, -0.1) is 0 Å². The molecule has 0 N–H and O–H groups in total.